The van der Waals surface area contributed by atoms with E-state index in [1.165, 1.54) is 4.90 Å². The Morgan fingerprint density at radius 1 is 0.963 bits per heavy atom. The van der Waals surface area contributed by atoms with Crippen molar-refractivity contribution in [3.8, 4) is 0 Å². The fourth-order valence-electron chi connectivity index (χ4n) is 4.29. The van der Waals surface area contributed by atoms with E-state index in [9.17, 15) is 14.4 Å². The van der Waals surface area contributed by atoms with E-state index in [-0.39, 0.29) is 35.6 Å². The van der Waals surface area contributed by atoms with Crippen molar-refractivity contribution in [2.75, 3.05) is 19.8 Å². The molecule has 2 saturated heterocycles. The smallest absolute Gasteiger partial charge is 0.251 e. The van der Waals surface area contributed by atoms with Crippen molar-refractivity contribution in [2.45, 2.75) is 31.7 Å². The lowest BCUT2D eigenvalue weighted by Crippen LogP contribution is -2.49. The molecule has 6 heteroatoms. The summed E-state index contributed by atoms with van der Waals surface area (Å²) in [4.78, 5) is 41.0. The first kappa shape index (κ1) is 17.9. The predicted octanol–water partition coefficient (Wildman–Crippen LogP) is 1.79. The summed E-state index contributed by atoms with van der Waals surface area (Å²) in [6.45, 7) is 1.92. The molecule has 0 aromatic heterocycles. The highest BCUT2D eigenvalue weighted by Crippen LogP contribution is 2.35. The number of benzene rings is 1. The molecule has 6 nitrogen and oxygen atoms in total. The molecule has 2 atom stereocenters. The Bertz CT molecular complexity index is 727. The largest absolute Gasteiger partial charge is 0.349 e. The summed E-state index contributed by atoms with van der Waals surface area (Å²) in [5.41, 5.74) is 0.671. The number of hydrogen-bond acceptors (Lipinski definition) is 4. The molecule has 3 amide bonds. The SMILES string of the molecule is O=C(NC1CCN(CN2C(=O)[C@@H]3CC=CC[C@H]3C2=O)CC1)c1ccccc1. The van der Waals surface area contributed by atoms with Crippen LogP contribution in [-0.4, -0.2) is 53.3 Å². The molecule has 2 aliphatic heterocycles. The number of imide groups is 1. The lowest BCUT2D eigenvalue weighted by molar-refractivity contribution is -0.142. The van der Waals surface area contributed by atoms with E-state index in [1.807, 2.05) is 42.5 Å². The zero-order valence-corrected chi connectivity index (χ0v) is 15.3. The molecule has 4 rings (SSSR count). The van der Waals surface area contributed by atoms with Crippen LogP contribution in [0.3, 0.4) is 0 Å². The van der Waals surface area contributed by atoms with Gasteiger partial charge in [-0.3, -0.25) is 24.2 Å². The van der Waals surface area contributed by atoms with E-state index in [4.69, 9.17) is 0 Å². The third-order valence-electron chi connectivity index (χ3n) is 5.90. The van der Waals surface area contributed by atoms with Crippen LogP contribution >= 0.6 is 0 Å². The molecule has 2 heterocycles. The molecule has 0 unspecified atom stereocenters. The van der Waals surface area contributed by atoms with Gasteiger partial charge in [0.15, 0.2) is 0 Å². The Morgan fingerprint density at radius 3 is 2.15 bits per heavy atom. The summed E-state index contributed by atoms with van der Waals surface area (Å²) in [6, 6.07) is 9.35. The average molecular weight is 367 g/mol. The number of piperidine rings is 1. The number of rotatable bonds is 4. The van der Waals surface area contributed by atoms with E-state index in [0.717, 1.165) is 25.9 Å². The van der Waals surface area contributed by atoms with Gasteiger partial charge < -0.3 is 5.32 Å². The minimum Gasteiger partial charge on any atom is -0.349 e. The maximum absolute atomic E-state index is 12.6. The molecular weight excluding hydrogens is 342 g/mol. The first-order valence-corrected chi connectivity index (χ1v) is 9.72. The number of nitrogens with zero attached hydrogens (tertiary/aromatic N) is 2. The second-order valence-corrected chi connectivity index (χ2v) is 7.63. The maximum Gasteiger partial charge on any atom is 0.251 e. The van der Waals surface area contributed by atoms with Gasteiger partial charge in [0.1, 0.15) is 0 Å². The van der Waals surface area contributed by atoms with E-state index >= 15 is 0 Å². The number of allylic oxidation sites excluding steroid dienone is 2. The normalized spacial score (nSPS) is 26.3. The van der Waals surface area contributed by atoms with E-state index in [1.54, 1.807) is 0 Å². The molecule has 1 aliphatic carbocycles. The fraction of sp³-hybridized carbons (Fsp3) is 0.476. The summed E-state index contributed by atoms with van der Waals surface area (Å²) in [6.07, 6.45) is 7.03. The lowest BCUT2D eigenvalue weighted by Gasteiger charge is -2.34. The van der Waals surface area contributed by atoms with Crippen LogP contribution in [0.4, 0.5) is 0 Å². The Balaban J connectivity index is 1.28. The quantitative estimate of drug-likeness (QED) is 0.651. The van der Waals surface area contributed by atoms with Crippen molar-refractivity contribution in [3.05, 3.63) is 48.0 Å². The van der Waals surface area contributed by atoms with Crippen molar-refractivity contribution in [2.24, 2.45) is 11.8 Å². The number of fused-ring (bicyclic) bond motifs is 1. The van der Waals surface area contributed by atoms with Crippen LogP contribution in [0.25, 0.3) is 0 Å². The highest BCUT2D eigenvalue weighted by atomic mass is 16.2. The second-order valence-electron chi connectivity index (χ2n) is 7.63. The summed E-state index contributed by atoms with van der Waals surface area (Å²) in [7, 11) is 0. The highest BCUT2D eigenvalue weighted by molar-refractivity contribution is 6.05. The zero-order valence-electron chi connectivity index (χ0n) is 15.3. The predicted molar refractivity (Wildman–Crippen MR) is 101 cm³/mol. The zero-order chi connectivity index (χ0) is 18.8. The summed E-state index contributed by atoms with van der Waals surface area (Å²) in [5.74, 6) is -0.409. The second kappa shape index (κ2) is 7.64. The molecule has 0 spiro atoms. The lowest BCUT2D eigenvalue weighted by atomic mass is 9.85. The average Bonchev–Trinajstić information content (AvgIpc) is 2.95. The third kappa shape index (κ3) is 3.67. The van der Waals surface area contributed by atoms with E-state index in [0.29, 0.717) is 25.1 Å². The van der Waals surface area contributed by atoms with E-state index < -0.39 is 0 Å². The fourth-order valence-corrected chi connectivity index (χ4v) is 4.29. The van der Waals surface area contributed by atoms with E-state index in [2.05, 4.69) is 10.2 Å². The van der Waals surface area contributed by atoms with Gasteiger partial charge in [-0.25, -0.2) is 0 Å². The highest BCUT2D eigenvalue weighted by Gasteiger charge is 2.47. The van der Waals surface area contributed by atoms with Crippen LogP contribution in [0.5, 0.6) is 0 Å². The minimum atomic E-state index is -0.162. The molecule has 0 saturated carbocycles. The van der Waals surface area contributed by atoms with Crippen molar-refractivity contribution in [1.82, 2.24) is 15.1 Å². The number of carbonyl (C=O) groups is 3. The number of carbonyl (C=O) groups excluding carboxylic acids is 3. The van der Waals surface area contributed by atoms with Crippen LogP contribution in [0.15, 0.2) is 42.5 Å². The van der Waals surface area contributed by atoms with Gasteiger partial charge in [-0.15, -0.1) is 0 Å². The van der Waals surface area contributed by atoms with Crippen molar-refractivity contribution in [1.29, 1.82) is 0 Å². The number of amides is 3. The third-order valence-corrected chi connectivity index (χ3v) is 5.90. The molecule has 142 valence electrons. The Morgan fingerprint density at radius 2 is 1.56 bits per heavy atom. The Labute approximate surface area is 159 Å². The molecule has 0 radical (unpaired) electrons. The molecule has 1 aromatic carbocycles. The number of hydrogen-bond donors (Lipinski definition) is 1. The van der Waals surface area contributed by atoms with Crippen LogP contribution in [-0.2, 0) is 9.59 Å². The monoisotopic (exact) mass is 367 g/mol. The number of likely N-dealkylation sites (tertiary alicyclic amines) is 2. The van der Waals surface area contributed by atoms with Gasteiger partial charge in [0.05, 0.1) is 18.5 Å². The van der Waals surface area contributed by atoms with Crippen molar-refractivity contribution in [3.63, 3.8) is 0 Å². The number of nitrogens with one attached hydrogen (secondary N) is 1. The molecule has 1 N–H and O–H groups in total. The van der Waals surface area contributed by atoms with Gasteiger partial charge in [0, 0.05) is 24.7 Å². The van der Waals surface area contributed by atoms with Crippen molar-refractivity contribution < 1.29 is 14.4 Å². The summed E-state index contributed by atoms with van der Waals surface area (Å²) < 4.78 is 0. The van der Waals surface area contributed by atoms with Crippen LogP contribution < -0.4 is 5.32 Å². The Hall–Kier alpha value is -2.47. The van der Waals surface area contributed by atoms with Crippen LogP contribution in [0.2, 0.25) is 0 Å². The molecule has 3 aliphatic rings. The Kier molecular flexibility index (Phi) is 5.07. The molecule has 2 fully saturated rings. The first-order valence-electron chi connectivity index (χ1n) is 9.72. The first-order chi connectivity index (χ1) is 13.1. The maximum atomic E-state index is 12.6. The van der Waals surface area contributed by atoms with Gasteiger partial charge in [0.2, 0.25) is 11.8 Å². The minimum absolute atomic E-state index is 0.0196. The van der Waals surface area contributed by atoms with Crippen LogP contribution in [0.1, 0.15) is 36.0 Å². The van der Waals surface area contributed by atoms with Gasteiger partial charge in [0.25, 0.3) is 5.91 Å². The topological polar surface area (TPSA) is 69.7 Å². The summed E-state index contributed by atoms with van der Waals surface area (Å²) >= 11 is 0. The molecular formula is C21H25N3O3. The van der Waals surface area contributed by atoms with Gasteiger partial charge >= 0.3 is 0 Å². The van der Waals surface area contributed by atoms with Gasteiger partial charge in [-0.2, -0.15) is 0 Å². The molecule has 0 bridgehead atoms. The van der Waals surface area contributed by atoms with Crippen LogP contribution in [0, 0.1) is 11.8 Å². The summed E-state index contributed by atoms with van der Waals surface area (Å²) in [5, 5.41) is 3.09. The van der Waals surface area contributed by atoms with Gasteiger partial charge in [-0.1, -0.05) is 30.4 Å². The van der Waals surface area contributed by atoms with Crippen molar-refractivity contribution >= 4 is 17.7 Å². The standard InChI is InChI=1S/C21H25N3O3/c25-19(15-6-2-1-3-7-15)22-16-10-12-23(13-11-16)14-24-20(26)17-8-4-5-9-18(17)21(24)27/h1-7,16-18H,8-14H2,(H,22,25)/t17-,18-/m1/s1. The molecule has 1 aromatic rings. The van der Waals surface area contributed by atoms with Gasteiger partial charge in [-0.05, 0) is 37.8 Å². The molecule has 27 heavy (non-hydrogen) atoms.